The number of aromatic amines is 1. The SMILES string of the molecule is Cc1cccc(-c2cc3cc(Nc4ccnc5cc(-c6nccs6)ccc45)ccc3[nH]2)c1.Cl. The fourth-order valence-corrected chi connectivity index (χ4v) is 4.73. The van der Waals surface area contributed by atoms with Crippen LogP contribution in [0.5, 0.6) is 0 Å². The van der Waals surface area contributed by atoms with E-state index in [2.05, 4.69) is 93.9 Å². The zero-order valence-corrected chi connectivity index (χ0v) is 19.5. The Kier molecular flexibility index (Phi) is 5.58. The number of nitrogens with one attached hydrogen (secondary N) is 2. The molecule has 0 atom stereocenters. The summed E-state index contributed by atoms with van der Waals surface area (Å²) in [6, 6.07) is 25.5. The van der Waals surface area contributed by atoms with Crippen LogP contribution >= 0.6 is 23.7 Å². The molecule has 2 N–H and O–H groups in total. The molecule has 0 aliphatic heterocycles. The smallest absolute Gasteiger partial charge is 0.123 e. The maximum absolute atomic E-state index is 4.58. The van der Waals surface area contributed by atoms with E-state index in [9.17, 15) is 0 Å². The van der Waals surface area contributed by atoms with E-state index in [1.54, 1.807) is 11.3 Å². The van der Waals surface area contributed by atoms with E-state index >= 15 is 0 Å². The van der Waals surface area contributed by atoms with Gasteiger partial charge in [0.25, 0.3) is 0 Å². The first-order valence-electron chi connectivity index (χ1n) is 10.5. The topological polar surface area (TPSA) is 53.6 Å². The summed E-state index contributed by atoms with van der Waals surface area (Å²) < 4.78 is 0. The molecule has 0 aliphatic carbocycles. The number of H-pyrrole nitrogens is 1. The lowest BCUT2D eigenvalue weighted by atomic mass is 10.1. The fourth-order valence-electron chi connectivity index (χ4n) is 4.09. The Bertz CT molecular complexity index is 1570. The highest BCUT2D eigenvalue weighted by atomic mass is 35.5. The van der Waals surface area contributed by atoms with E-state index in [1.165, 1.54) is 16.5 Å². The second kappa shape index (κ2) is 8.70. The molecule has 162 valence electrons. The van der Waals surface area contributed by atoms with Gasteiger partial charge in [-0.25, -0.2) is 4.98 Å². The van der Waals surface area contributed by atoms with Gasteiger partial charge in [-0.3, -0.25) is 4.98 Å². The molecule has 0 amide bonds. The molecule has 0 fully saturated rings. The second-order valence-electron chi connectivity index (χ2n) is 7.91. The molecule has 6 rings (SSSR count). The molecule has 0 aliphatic rings. The number of benzene rings is 3. The lowest BCUT2D eigenvalue weighted by Gasteiger charge is -2.10. The van der Waals surface area contributed by atoms with Crippen molar-refractivity contribution in [1.29, 1.82) is 0 Å². The summed E-state index contributed by atoms with van der Waals surface area (Å²) >= 11 is 1.64. The van der Waals surface area contributed by atoms with Crippen molar-refractivity contribution in [2.75, 3.05) is 5.32 Å². The number of fused-ring (bicyclic) bond motifs is 2. The second-order valence-corrected chi connectivity index (χ2v) is 8.80. The summed E-state index contributed by atoms with van der Waals surface area (Å²) in [7, 11) is 0. The third-order valence-corrected chi connectivity index (χ3v) is 6.47. The maximum atomic E-state index is 4.58. The van der Waals surface area contributed by atoms with Crippen molar-refractivity contribution in [3.05, 3.63) is 96.1 Å². The number of nitrogens with zero attached hydrogens (tertiary/aromatic N) is 2. The van der Waals surface area contributed by atoms with E-state index in [-0.39, 0.29) is 12.4 Å². The van der Waals surface area contributed by atoms with Gasteiger partial charge >= 0.3 is 0 Å². The van der Waals surface area contributed by atoms with Crippen molar-refractivity contribution in [3.8, 4) is 21.8 Å². The van der Waals surface area contributed by atoms with E-state index in [0.29, 0.717) is 0 Å². The third kappa shape index (κ3) is 4.09. The van der Waals surface area contributed by atoms with Gasteiger partial charge in [-0.2, -0.15) is 0 Å². The average molecular weight is 469 g/mol. The zero-order chi connectivity index (χ0) is 21.5. The summed E-state index contributed by atoms with van der Waals surface area (Å²) in [5.41, 5.74) is 8.84. The third-order valence-electron chi connectivity index (χ3n) is 5.65. The van der Waals surface area contributed by atoms with Crippen LogP contribution in [0.4, 0.5) is 11.4 Å². The molecule has 6 aromatic rings. The average Bonchev–Trinajstić information content (AvgIpc) is 3.49. The van der Waals surface area contributed by atoms with Crippen LogP contribution in [0.3, 0.4) is 0 Å². The number of thiazole rings is 1. The molecule has 3 heterocycles. The fraction of sp³-hybridized carbons (Fsp3) is 0.0370. The highest BCUT2D eigenvalue weighted by Gasteiger charge is 2.08. The number of hydrogen-bond donors (Lipinski definition) is 2. The monoisotopic (exact) mass is 468 g/mol. The van der Waals surface area contributed by atoms with E-state index in [1.807, 2.05) is 23.8 Å². The van der Waals surface area contributed by atoms with Crippen LogP contribution < -0.4 is 5.32 Å². The molecule has 0 saturated carbocycles. The molecule has 4 nitrogen and oxygen atoms in total. The number of hydrogen-bond acceptors (Lipinski definition) is 4. The number of pyridine rings is 1. The van der Waals surface area contributed by atoms with Crippen molar-refractivity contribution in [2.45, 2.75) is 6.92 Å². The minimum atomic E-state index is 0. The Morgan fingerprint density at radius 1 is 0.848 bits per heavy atom. The molecule has 33 heavy (non-hydrogen) atoms. The van der Waals surface area contributed by atoms with Crippen LogP contribution in [-0.2, 0) is 0 Å². The van der Waals surface area contributed by atoms with Gasteiger partial charge in [0.2, 0.25) is 0 Å². The van der Waals surface area contributed by atoms with E-state index < -0.39 is 0 Å². The summed E-state index contributed by atoms with van der Waals surface area (Å²) in [6.45, 7) is 2.12. The van der Waals surface area contributed by atoms with Crippen LogP contribution in [0.25, 0.3) is 43.6 Å². The van der Waals surface area contributed by atoms with E-state index in [4.69, 9.17) is 0 Å². The summed E-state index contributed by atoms with van der Waals surface area (Å²) in [4.78, 5) is 12.5. The molecule has 6 heteroatoms. The van der Waals surface area contributed by atoms with Gasteiger partial charge in [0.05, 0.1) is 5.52 Å². The summed E-state index contributed by atoms with van der Waals surface area (Å²) in [5.74, 6) is 0. The number of halogens is 1. The molecule has 0 saturated heterocycles. The largest absolute Gasteiger partial charge is 0.355 e. The molecule has 0 unspecified atom stereocenters. The van der Waals surface area contributed by atoms with Gasteiger partial charge in [0.1, 0.15) is 5.01 Å². The highest BCUT2D eigenvalue weighted by molar-refractivity contribution is 7.13. The van der Waals surface area contributed by atoms with Gasteiger partial charge in [-0.15, -0.1) is 23.7 Å². The first kappa shape index (κ1) is 21.2. The van der Waals surface area contributed by atoms with Crippen molar-refractivity contribution < 1.29 is 0 Å². The number of anilines is 2. The van der Waals surface area contributed by atoms with Crippen LogP contribution in [0, 0.1) is 6.92 Å². The van der Waals surface area contributed by atoms with Crippen molar-refractivity contribution >= 4 is 56.9 Å². The first-order chi connectivity index (χ1) is 15.7. The number of aromatic nitrogens is 3. The minimum Gasteiger partial charge on any atom is -0.355 e. The maximum Gasteiger partial charge on any atom is 0.123 e. The molecule has 0 radical (unpaired) electrons. The minimum absolute atomic E-state index is 0. The number of aryl methyl sites for hydroxylation is 1. The molecule has 0 spiro atoms. The van der Waals surface area contributed by atoms with Crippen LogP contribution in [0.1, 0.15) is 5.56 Å². The number of rotatable bonds is 4. The van der Waals surface area contributed by atoms with E-state index in [0.717, 1.165) is 44.1 Å². The lowest BCUT2D eigenvalue weighted by molar-refractivity contribution is 1.39. The zero-order valence-electron chi connectivity index (χ0n) is 17.9. The van der Waals surface area contributed by atoms with Crippen LogP contribution in [-0.4, -0.2) is 15.0 Å². The quantitative estimate of drug-likeness (QED) is 0.275. The Morgan fingerprint density at radius 3 is 2.64 bits per heavy atom. The van der Waals surface area contributed by atoms with Crippen LogP contribution in [0.15, 0.2) is 90.6 Å². The molecular formula is C27H21ClN4S. The molecule has 3 aromatic carbocycles. The lowest BCUT2D eigenvalue weighted by Crippen LogP contribution is -1.93. The van der Waals surface area contributed by atoms with Crippen molar-refractivity contribution in [1.82, 2.24) is 15.0 Å². The Hall–Kier alpha value is -3.67. The Morgan fingerprint density at radius 2 is 1.79 bits per heavy atom. The predicted octanol–water partition coefficient (Wildman–Crippen LogP) is 7.98. The van der Waals surface area contributed by atoms with Gasteiger partial charge in [0.15, 0.2) is 0 Å². The van der Waals surface area contributed by atoms with Crippen molar-refractivity contribution in [2.24, 2.45) is 0 Å². The van der Waals surface area contributed by atoms with Gasteiger partial charge in [-0.05, 0) is 55.0 Å². The molecule has 3 aromatic heterocycles. The van der Waals surface area contributed by atoms with Gasteiger partial charge in [0, 0.05) is 56.7 Å². The highest BCUT2D eigenvalue weighted by Crippen LogP contribution is 2.32. The molecular weight excluding hydrogens is 448 g/mol. The first-order valence-corrected chi connectivity index (χ1v) is 11.4. The normalized spacial score (nSPS) is 10.9. The predicted molar refractivity (Wildman–Crippen MR) is 142 cm³/mol. The summed E-state index contributed by atoms with van der Waals surface area (Å²) in [5, 5.41) is 8.85. The molecule has 0 bridgehead atoms. The van der Waals surface area contributed by atoms with Gasteiger partial charge in [-0.1, -0.05) is 35.9 Å². The van der Waals surface area contributed by atoms with Crippen molar-refractivity contribution in [3.63, 3.8) is 0 Å². The Labute approximate surface area is 201 Å². The Balaban J connectivity index is 0.00000228. The summed E-state index contributed by atoms with van der Waals surface area (Å²) in [6.07, 6.45) is 3.68. The van der Waals surface area contributed by atoms with Crippen LogP contribution in [0.2, 0.25) is 0 Å². The standard InChI is InChI=1S/C27H20N4S.ClH/c1-17-3-2-4-18(13-17)25-16-20-14-21(6-8-23(20)31-25)30-24-9-10-28-26-15-19(5-7-22(24)26)27-29-11-12-32-27;/h2-16,31H,1H3,(H,28,30);1H. The van der Waals surface area contributed by atoms with Gasteiger partial charge < -0.3 is 10.3 Å².